The summed E-state index contributed by atoms with van der Waals surface area (Å²) in [6, 6.07) is 18.5. The largest absolute Gasteiger partial charge is 0.477 e. The van der Waals surface area contributed by atoms with Gasteiger partial charge in [-0.15, -0.1) is 0 Å². The van der Waals surface area contributed by atoms with Gasteiger partial charge in [-0.05, 0) is 70.0 Å². The number of carbonyl (C=O) groups is 2. The molecule has 0 atom stereocenters. The van der Waals surface area contributed by atoms with E-state index in [2.05, 4.69) is 21.2 Å². The Morgan fingerprint density at radius 2 is 1.70 bits per heavy atom. The van der Waals surface area contributed by atoms with Gasteiger partial charge in [0, 0.05) is 5.02 Å². The highest BCUT2D eigenvalue weighted by Gasteiger charge is 2.16. The maximum Gasteiger partial charge on any atom is 0.352 e. The summed E-state index contributed by atoms with van der Waals surface area (Å²) in [6.07, 6.45) is 1.34. The fraction of sp³-hybridized carbons (Fsp3) is 0. The van der Waals surface area contributed by atoms with Crippen molar-refractivity contribution < 1.29 is 19.4 Å². The molecule has 0 saturated carbocycles. The number of carboxylic acid groups (broad SMARTS) is 1. The van der Waals surface area contributed by atoms with E-state index in [1.807, 2.05) is 24.3 Å². The lowest BCUT2D eigenvalue weighted by molar-refractivity contribution is -0.132. The van der Waals surface area contributed by atoms with Crippen LogP contribution in [-0.4, -0.2) is 17.0 Å². The molecule has 8 heteroatoms. The zero-order chi connectivity index (χ0) is 21.7. The van der Waals surface area contributed by atoms with Crippen molar-refractivity contribution in [3.8, 4) is 11.5 Å². The lowest BCUT2D eigenvalue weighted by atomic mass is 10.1. The molecular weight excluding hydrogens is 493 g/mol. The van der Waals surface area contributed by atoms with E-state index >= 15 is 0 Å². The van der Waals surface area contributed by atoms with Crippen LogP contribution in [0.4, 0.5) is 0 Å². The Bertz CT molecular complexity index is 1130. The number of rotatable bonds is 6. The van der Waals surface area contributed by atoms with Crippen LogP contribution in [0, 0.1) is 0 Å². The van der Waals surface area contributed by atoms with E-state index in [4.69, 9.17) is 27.9 Å². The first kappa shape index (κ1) is 21.9. The Morgan fingerprint density at radius 3 is 2.33 bits per heavy atom. The quantitative estimate of drug-likeness (QED) is 0.379. The zero-order valence-electron chi connectivity index (χ0n) is 15.2. The summed E-state index contributed by atoms with van der Waals surface area (Å²) in [5, 5.41) is 12.3. The highest BCUT2D eigenvalue weighted by atomic mass is 79.9. The van der Waals surface area contributed by atoms with Gasteiger partial charge < -0.3 is 15.2 Å². The molecule has 3 rings (SSSR count). The molecular formula is C22H14BrCl2NO4. The monoisotopic (exact) mass is 505 g/mol. The second kappa shape index (κ2) is 9.80. The van der Waals surface area contributed by atoms with E-state index in [9.17, 15) is 14.7 Å². The maximum absolute atomic E-state index is 12.4. The molecule has 0 aliphatic rings. The van der Waals surface area contributed by atoms with Gasteiger partial charge in [-0.2, -0.15) is 0 Å². The van der Waals surface area contributed by atoms with Crippen molar-refractivity contribution >= 4 is 57.1 Å². The van der Waals surface area contributed by atoms with E-state index in [1.54, 1.807) is 24.3 Å². The van der Waals surface area contributed by atoms with Crippen LogP contribution < -0.4 is 10.1 Å². The van der Waals surface area contributed by atoms with Crippen LogP contribution in [0.1, 0.15) is 15.9 Å². The molecule has 30 heavy (non-hydrogen) atoms. The van der Waals surface area contributed by atoms with Crippen molar-refractivity contribution in [1.29, 1.82) is 0 Å². The molecule has 0 spiro atoms. The highest BCUT2D eigenvalue weighted by Crippen LogP contribution is 2.29. The summed E-state index contributed by atoms with van der Waals surface area (Å²) in [5.41, 5.74) is 0.380. The van der Waals surface area contributed by atoms with E-state index in [1.165, 1.54) is 24.3 Å². The molecule has 5 nitrogen and oxygen atoms in total. The molecule has 0 aliphatic heterocycles. The van der Waals surface area contributed by atoms with Crippen LogP contribution >= 0.6 is 39.1 Å². The van der Waals surface area contributed by atoms with Crippen molar-refractivity contribution in [2.75, 3.05) is 0 Å². The van der Waals surface area contributed by atoms with Crippen LogP contribution in [0.2, 0.25) is 10.0 Å². The Morgan fingerprint density at radius 1 is 1.00 bits per heavy atom. The van der Waals surface area contributed by atoms with Crippen molar-refractivity contribution in [3.63, 3.8) is 0 Å². The SMILES string of the molecule is O=C(O)C(=Cc1ccc(Oc2ccccc2Br)cc1)NC(=O)c1ccc(Cl)cc1Cl. The van der Waals surface area contributed by atoms with E-state index in [0.717, 1.165) is 4.47 Å². The van der Waals surface area contributed by atoms with Crippen LogP contribution in [0.25, 0.3) is 6.08 Å². The Labute approximate surface area is 191 Å². The van der Waals surface area contributed by atoms with Gasteiger partial charge in [-0.1, -0.05) is 47.5 Å². The standard InChI is InChI=1S/C22H14BrCl2NO4/c23-17-3-1-2-4-20(17)30-15-8-5-13(6-9-15)11-19(22(28)29)26-21(27)16-10-7-14(24)12-18(16)25/h1-12H,(H,26,27)(H,28,29). The first-order valence-electron chi connectivity index (χ1n) is 8.57. The topological polar surface area (TPSA) is 75.6 Å². The van der Waals surface area contributed by atoms with E-state index < -0.39 is 11.9 Å². The van der Waals surface area contributed by atoms with Crippen molar-refractivity contribution in [1.82, 2.24) is 5.32 Å². The molecule has 1 amide bonds. The first-order chi connectivity index (χ1) is 14.3. The van der Waals surface area contributed by atoms with Crippen LogP contribution in [0.3, 0.4) is 0 Å². The molecule has 152 valence electrons. The summed E-state index contributed by atoms with van der Waals surface area (Å²) in [6.45, 7) is 0. The van der Waals surface area contributed by atoms with Crippen LogP contribution in [-0.2, 0) is 4.79 Å². The Balaban J connectivity index is 1.77. The minimum Gasteiger partial charge on any atom is -0.477 e. The number of hydrogen-bond acceptors (Lipinski definition) is 3. The van der Waals surface area contributed by atoms with Gasteiger partial charge >= 0.3 is 5.97 Å². The number of carboxylic acids is 1. The van der Waals surface area contributed by atoms with Gasteiger partial charge in [0.2, 0.25) is 0 Å². The Hall–Kier alpha value is -2.80. The second-order valence-electron chi connectivity index (χ2n) is 6.04. The van der Waals surface area contributed by atoms with Crippen molar-refractivity contribution in [3.05, 3.63) is 98.1 Å². The summed E-state index contributed by atoms with van der Waals surface area (Å²) >= 11 is 15.2. The molecule has 0 aliphatic carbocycles. The minimum absolute atomic E-state index is 0.116. The third-order valence-electron chi connectivity index (χ3n) is 3.91. The molecule has 3 aromatic carbocycles. The summed E-state index contributed by atoms with van der Waals surface area (Å²) < 4.78 is 6.59. The van der Waals surface area contributed by atoms with E-state index in [-0.39, 0.29) is 16.3 Å². The summed E-state index contributed by atoms with van der Waals surface area (Å²) in [4.78, 5) is 24.0. The minimum atomic E-state index is -1.29. The number of amides is 1. The normalized spacial score (nSPS) is 11.1. The first-order valence-corrected chi connectivity index (χ1v) is 10.1. The van der Waals surface area contributed by atoms with Crippen molar-refractivity contribution in [2.45, 2.75) is 0 Å². The Kier molecular flexibility index (Phi) is 7.15. The molecule has 0 fully saturated rings. The average Bonchev–Trinajstić information content (AvgIpc) is 2.70. The maximum atomic E-state index is 12.4. The van der Waals surface area contributed by atoms with Gasteiger partial charge in [0.15, 0.2) is 0 Å². The number of carbonyl (C=O) groups excluding carboxylic acids is 1. The molecule has 2 N–H and O–H groups in total. The van der Waals surface area contributed by atoms with E-state index in [0.29, 0.717) is 22.1 Å². The summed E-state index contributed by atoms with van der Waals surface area (Å²) in [7, 11) is 0. The summed E-state index contributed by atoms with van der Waals surface area (Å²) in [5.74, 6) is -0.715. The molecule has 0 heterocycles. The lowest BCUT2D eigenvalue weighted by Crippen LogP contribution is -2.27. The smallest absolute Gasteiger partial charge is 0.352 e. The number of halogens is 3. The third kappa shape index (κ3) is 5.63. The highest BCUT2D eigenvalue weighted by molar-refractivity contribution is 9.10. The number of nitrogens with one attached hydrogen (secondary N) is 1. The molecule has 0 bridgehead atoms. The molecule has 3 aromatic rings. The number of hydrogen-bond donors (Lipinski definition) is 2. The number of aliphatic carboxylic acids is 1. The molecule has 0 saturated heterocycles. The average molecular weight is 507 g/mol. The van der Waals surface area contributed by atoms with Crippen molar-refractivity contribution in [2.24, 2.45) is 0 Å². The third-order valence-corrected chi connectivity index (χ3v) is 5.11. The number of benzene rings is 3. The van der Waals surface area contributed by atoms with Gasteiger partial charge in [0.25, 0.3) is 5.91 Å². The number of para-hydroxylation sites is 1. The van der Waals surface area contributed by atoms with Gasteiger partial charge in [-0.3, -0.25) is 4.79 Å². The predicted molar refractivity (Wildman–Crippen MR) is 120 cm³/mol. The van der Waals surface area contributed by atoms with Gasteiger partial charge in [0.05, 0.1) is 15.1 Å². The fourth-order valence-corrected chi connectivity index (χ4v) is 3.33. The molecule has 0 aromatic heterocycles. The molecule has 0 unspecified atom stereocenters. The zero-order valence-corrected chi connectivity index (χ0v) is 18.3. The van der Waals surface area contributed by atoms with Crippen LogP contribution in [0.15, 0.2) is 76.9 Å². The van der Waals surface area contributed by atoms with Gasteiger partial charge in [-0.25, -0.2) is 4.79 Å². The number of ether oxygens (including phenoxy) is 1. The fourth-order valence-electron chi connectivity index (χ4n) is 2.47. The molecule has 0 radical (unpaired) electrons. The predicted octanol–water partition coefficient (Wildman–Crippen LogP) is 6.40. The van der Waals surface area contributed by atoms with Crippen LogP contribution in [0.5, 0.6) is 11.5 Å². The second-order valence-corrected chi connectivity index (χ2v) is 7.74. The lowest BCUT2D eigenvalue weighted by Gasteiger charge is -2.09. The van der Waals surface area contributed by atoms with Gasteiger partial charge in [0.1, 0.15) is 17.2 Å².